The molecule has 0 bridgehead atoms. The minimum atomic E-state index is -4.32. The van der Waals surface area contributed by atoms with Crippen molar-refractivity contribution in [1.29, 1.82) is 0 Å². The van der Waals surface area contributed by atoms with E-state index in [1.165, 1.54) is 0 Å². The van der Waals surface area contributed by atoms with Crippen LogP contribution in [0.1, 0.15) is 39.5 Å². The number of rotatable bonds is 2. The molecule has 78 valence electrons. The maximum Gasteiger partial charge on any atom is 0.470 e. The largest absolute Gasteiger partial charge is 0.470 e. The SMILES string of the molecule is CC1CCC(C)(OP(=O)(O)O)CC1. The van der Waals surface area contributed by atoms with Crippen LogP contribution in [0.3, 0.4) is 0 Å². The highest BCUT2D eigenvalue weighted by Gasteiger charge is 2.36. The van der Waals surface area contributed by atoms with Crippen molar-refractivity contribution >= 4 is 7.82 Å². The van der Waals surface area contributed by atoms with Crippen molar-refractivity contribution in [1.82, 2.24) is 0 Å². The molecule has 0 saturated heterocycles. The zero-order valence-corrected chi connectivity index (χ0v) is 8.96. The summed E-state index contributed by atoms with van der Waals surface area (Å²) < 4.78 is 15.4. The zero-order valence-electron chi connectivity index (χ0n) is 8.06. The van der Waals surface area contributed by atoms with Gasteiger partial charge in [-0.05, 0) is 38.5 Å². The van der Waals surface area contributed by atoms with E-state index in [0.717, 1.165) is 25.7 Å². The normalized spacial score (nSPS) is 36.2. The number of phosphoric ester groups is 1. The fraction of sp³-hybridized carbons (Fsp3) is 1.00. The van der Waals surface area contributed by atoms with Crippen molar-refractivity contribution < 1.29 is 18.9 Å². The summed E-state index contributed by atoms with van der Waals surface area (Å²) >= 11 is 0. The molecule has 1 fully saturated rings. The van der Waals surface area contributed by atoms with Crippen molar-refractivity contribution in [2.45, 2.75) is 45.1 Å². The standard InChI is InChI=1S/C8H17O4P/c1-7-3-5-8(2,6-4-7)12-13(9,10)11/h7H,3-6H2,1-2H3,(H2,9,10,11). The summed E-state index contributed by atoms with van der Waals surface area (Å²) in [6.07, 6.45) is 3.44. The lowest BCUT2D eigenvalue weighted by molar-refractivity contribution is 0.00836. The monoisotopic (exact) mass is 208 g/mol. The summed E-state index contributed by atoms with van der Waals surface area (Å²) in [5.74, 6) is 0.647. The van der Waals surface area contributed by atoms with E-state index in [0.29, 0.717) is 5.92 Å². The Hall–Kier alpha value is 0.110. The quantitative estimate of drug-likeness (QED) is 0.681. The predicted molar refractivity (Wildman–Crippen MR) is 49.2 cm³/mol. The molecule has 0 amide bonds. The van der Waals surface area contributed by atoms with Crippen LogP contribution in [0.5, 0.6) is 0 Å². The zero-order chi connectivity index (χ0) is 10.1. The van der Waals surface area contributed by atoms with Crippen LogP contribution in [-0.4, -0.2) is 15.4 Å². The molecule has 1 saturated carbocycles. The van der Waals surface area contributed by atoms with Crippen molar-refractivity contribution in [3.63, 3.8) is 0 Å². The highest BCUT2D eigenvalue weighted by Crippen LogP contribution is 2.47. The second-order valence-corrected chi connectivity index (χ2v) is 5.38. The molecule has 0 aliphatic heterocycles. The van der Waals surface area contributed by atoms with Gasteiger partial charge in [0, 0.05) is 0 Å². The average Bonchev–Trinajstić information content (AvgIpc) is 1.92. The Morgan fingerprint density at radius 2 is 1.85 bits per heavy atom. The van der Waals surface area contributed by atoms with Crippen LogP contribution in [-0.2, 0) is 9.09 Å². The lowest BCUT2D eigenvalue weighted by atomic mass is 9.81. The third-order valence-corrected chi connectivity index (χ3v) is 3.35. The molecule has 5 heteroatoms. The highest BCUT2D eigenvalue weighted by molar-refractivity contribution is 7.46. The predicted octanol–water partition coefficient (Wildman–Crippen LogP) is 2.06. The summed E-state index contributed by atoms with van der Waals surface area (Å²) in [6.45, 7) is 3.93. The smallest absolute Gasteiger partial charge is 0.303 e. The summed E-state index contributed by atoms with van der Waals surface area (Å²) in [7, 11) is -4.32. The van der Waals surface area contributed by atoms with Gasteiger partial charge < -0.3 is 9.79 Å². The van der Waals surface area contributed by atoms with Crippen LogP contribution in [0, 0.1) is 5.92 Å². The minimum absolute atomic E-state index is 0.620. The fourth-order valence-corrected chi connectivity index (χ4v) is 2.51. The van der Waals surface area contributed by atoms with E-state index in [9.17, 15) is 4.57 Å². The van der Waals surface area contributed by atoms with Gasteiger partial charge in [0.2, 0.25) is 0 Å². The van der Waals surface area contributed by atoms with E-state index in [-0.39, 0.29) is 0 Å². The first-order chi connectivity index (χ1) is 5.81. The van der Waals surface area contributed by atoms with Crippen LogP contribution in [0.4, 0.5) is 0 Å². The van der Waals surface area contributed by atoms with Gasteiger partial charge in [-0.1, -0.05) is 6.92 Å². The fourth-order valence-electron chi connectivity index (χ4n) is 1.75. The van der Waals surface area contributed by atoms with Crippen LogP contribution in [0.25, 0.3) is 0 Å². The molecule has 0 aromatic rings. The van der Waals surface area contributed by atoms with Gasteiger partial charge >= 0.3 is 7.82 Å². The molecule has 13 heavy (non-hydrogen) atoms. The maximum absolute atomic E-state index is 10.7. The molecule has 1 aliphatic carbocycles. The topological polar surface area (TPSA) is 66.8 Å². The van der Waals surface area contributed by atoms with E-state index in [1.807, 2.05) is 0 Å². The number of phosphoric acid groups is 1. The molecular weight excluding hydrogens is 191 g/mol. The van der Waals surface area contributed by atoms with Crippen LogP contribution in [0.2, 0.25) is 0 Å². The molecule has 1 aliphatic rings. The molecule has 1 rings (SSSR count). The van der Waals surface area contributed by atoms with Crippen LogP contribution < -0.4 is 0 Å². The summed E-state index contributed by atoms with van der Waals surface area (Å²) in [4.78, 5) is 17.4. The van der Waals surface area contributed by atoms with Gasteiger partial charge in [0.05, 0.1) is 5.60 Å². The van der Waals surface area contributed by atoms with E-state index < -0.39 is 13.4 Å². The number of hydrogen-bond acceptors (Lipinski definition) is 2. The van der Waals surface area contributed by atoms with E-state index >= 15 is 0 Å². The third kappa shape index (κ3) is 3.77. The van der Waals surface area contributed by atoms with Crippen molar-refractivity contribution in [2.24, 2.45) is 5.92 Å². The molecule has 4 nitrogen and oxygen atoms in total. The molecule has 0 heterocycles. The average molecular weight is 208 g/mol. The van der Waals surface area contributed by atoms with Crippen molar-refractivity contribution in [3.05, 3.63) is 0 Å². The summed E-state index contributed by atoms with van der Waals surface area (Å²) in [5.41, 5.74) is -0.620. The molecule has 0 unspecified atom stereocenters. The van der Waals surface area contributed by atoms with Gasteiger partial charge in [-0.2, -0.15) is 0 Å². The third-order valence-electron chi connectivity index (χ3n) is 2.67. The van der Waals surface area contributed by atoms with Crippen LogP contribution in [0.15, 0.2) is 0 Å². The number of hydrogen-bond donors (Lipinski definition) is 2. The Balaban J connectivity index is 2.53. The molecule has 0 radical (unpaired) electrons. The van der Waals surface area contributed by atoms with E-state index in [2.05, 4.69) is 6.92 Å². The Bertz CT molecular complexity index is 214. The molecule has 2 N–H and O–H groups in total. The molecule has 0 atom stereocenters. The molecule has 0 aromatic heterocycles. The van der Waals surface area contributed by atoms with E-state index in [1.54, 1.807) is 6.92 Å². The van der Waals surface area contributed by atoms with Crippen LogP contribution >= 0.6 is 7.82 Å². The van der Waals surface area contributed by atoms with E-state index in [4.69, 9.17) is 14.3 Å². The molecular formula is C8H17O4P. The second-order valence-electron chi connectivity index (χ2n) is 4.21. The van der Waals surface area contributed by atoms with Gasteiger partial charge in [-0.25, -0.2) is 4.57 Å². The van der Waals surface area contributed by atoms with Gasteiger partial charge in [0.15, 0.2) is 0 Å². The lowest BCUT2D eigenvalue weighted by Crippen LogP contribution is -2.32. The lowest BCUT2D eigenvalue weighted by Gasteiger charge is -2.35. The highest BCUT2D eigenvalue weighted by atomic mass is 31.2. The molecule has 0 spiro atoms. The maximum atomic E-state index is 10.7. The molecule has 0 aromatic carbocycles. The summed E-state index contributed by atoms with van der Waals surface area (Å²) in [5, 5.41) is 0. The first-order valence-corrected chi connectivity index (χ1v) is 6.10. The Labute approximate surface area is 78.5 Å². The second kappa shape index (κ2) is 3.70. The first kappa shape index (κ1) is 11.2. The Morgan fingerprint density at radius 1 is 1.38 bits per heavy atom. The van der Waals surface area contributed by atoms with Gasteiger partial charge in [-0.15, -0.1) is 0 Å². The van der Waals surface area contributed by atoms with Crippen molar-refractivity contribution in [3.8, 4) is 0 Å². The minimum Gasteiger partial charge on any atom is -0.303 e. The van der Waals surface area contributed by atoms with Gasteiger partial charge in [0.1, 0.15) is 0 Å². The Morgan fingerprint density at radius 3 is 2.23 bits per heavy atom. The first-order valence-electron chi connectivity index (χ1n) is 4.57. The summed E-state index contributed by atoms with van der Waals surface area (Å²) in [6, 6.07) is 0. The Kier molecular flexibility index (Phi) is 3.18. The van der Waals surface area contributed by atoms with Gasteiger partial charge in [0.25, 0.3) is 0 Å². The van der Waals surface area contributed by atoms with Crippen molar-refractivity contribution in [2.75, 3.05) is 0 Å². The van der Waals surface area contributed by atoms with Gasteiger partial charge in [-0.3, -0.25) is 4.52 Å².